The Labute approximate surface area is 125 Å². The van der Waals surface area contributed by atoms with Crippen LogP contribution < -0.4 is 10.6 Å². The number of aliphatic hydroxyl groups excluding tert-OH is 1. The van der Waals surface area contributed by atoms with Gasteiger partial charge in [-0.05, 0) is 37.1 Å². The number of hydrogen-bond donors (Lipinski definition) is 3. The number of anilines is 1. The summed E-state index contributed by atoms with van der Waals surface area (Å²) in [5, 5.41) is 14.2. The third-order valence-electron chi connectivity index (χ3n) is 2.49. The monoisotopic (exact) mass is 296 g/mol. The van der Waals surface area contributed by atoms with Crippen molar-refractivity contribution in [2.45, 2.75) is 43.8 Å². The summed E-state index contributed by atoms with van der Waals surface area (Å²) >= 11 is 1.80. The molecule has 5 heteroatoms. The molecular weight excluding hydrogens is 272 g/mol. The number of nitrogens with one attached hydrogen (secondary N) is 2. The summed E-state index contributed by atoms with van der Waals surface area (Å²) in [7, 11) is 0. The largest absolute Gasteiger partial charge is 0.396 e. The molecule has 0 saturated carbocycles. The third kappa shape index (κ3) is 6.30. The van der Waals surface area contributed by atoms with Crippen molar-refractivity contribution in [2.75, 3.05) is 18.5 Å². The molecule has 0 unspecified atom stereocenters. The molecule has 3 N–H and O–H groups in total. The minimum atomic E-state index is -0.238. The van der Waals surface area contributed by atoms with E-state index < -0.39 is 0 Å². The molecule has 0 aliphatic rings. The summed E-state index contributed by atoms with van der Waals surface area (Å²) in [4.78, 5) is 12.8. The maximum Gasteiger partial charge on any atom is 0.319 e. The van der Waals surface area contributed by atoms with Crippen LogP contribution in [-0.4, -0.2) is 29.0 Å². The van der Waals surface area contributed by atoms with Gasteiger partial charge in [0.15, 0.2) is 0 Å². The Bertz CT molecular complexity index is 456. The molecule has 0 fully saturated rings. The van der Waals surface area contributed by atoms with Crippen LogP contribution in [0.2, 0.25) is 0 Å². The van der Waals surface area contributed by atoms with Crippen molar-refractivity contribution in [2.24, 2.45) is 0 Å². The maximum atomic E-state index is 11.6. The maximum absolute atomic E-state index is 11.6. The van der Waals surface area contributed by atoms with Crippen molar-refractivity contribution >= 4 is 23.5 Å². The van der Waals surface area contributed by atoms with Gasteiger partial charge in [0.25, 0.3) is 0 Å². The number of hydrogen-bond acceptors (Lipinski definition) is 3. The first-order valence-corrected chi connectivity index (χ1v) is 7.59. The number of rotatable bonds is 5. The van der Waals surface area contributed by atoms with E-state index >= 15 is 0 Å². The fourth-order valence-corrected chi connectivity index (χ4v) is 2.72. The average molecular weight is 296 g/mol. The lowest BCUT2D eigenvalue weighted by Crippen LogP contribution is -2.30. The van der Waals surface area contributed by atoms with Crippen molar-refractivity contribution < 1.29 is 9.90 Å². The lowest BCUT2D eigenvalue weighted by Gasteiger charge is -2.18. The highest BCUT2D eigenvalue weighted by molar-refractivity contribution is 8.00. The van der Waals surface area contributed by atoms with Gasteiger partial charge in [0.1, 0.15) is 0 Å². The number of aliphatic hydroxyl groups is 1. The Morgan fingerprint density at radius 1 is 1.35 bits per heavy atom. The summed E-state index contributed by atoms with van der Waals surface area (Å²) in [6.07, 6.45) is 0.563. The molecule has 1 rings (SSSR count). The second-order valence-electron chi connectivity index (χ2n) is 5.65. The van der Waals surface area contributed by atoms with Gasteiger partial charge in [-0.2, -0.15) is 0 Å². The summed E-state index contributed by atoms with van der Waals surface area (Å²) in [5.74, 6) is 0. The quantitative estimate of drug-likeness (QED) is 0.576. The summed E-state index contributed by atoms with van der Waals surface area (Å²) in [6.45, 7) is 9.06. The molecule has 112 valence electrons. The molecule has 1 aromatic rings. The second-order valence-corrected chi connectivity index (χ2v) is 7.55. The van der Waals surface area contributed by atoms with Crippen LogP contribution in [0.1, 0.15) is 32.8 Å². The Morgan fingerprint density at radius 3 is 2.60 bits per heavy atom. The van der Waals surface area contributed by atoms with Gasteiger partial charge in [-0.1, -0.05) is 20.8 Å². The molecule has 0 aliphatic heterocycles. The molecule has 20 heavy (non-hydrogen) atoms. The normalized spacial score (nSPS) is 11.2. The topological polar surface area (TPSA) is 61.4 Å². The highest BCUT2D eigenvalue weighted by atomic mass is 32.2. The summed E-state index contributed by atoms with van der Waals surface area (Å²) in [6, 6.07) is 5.79. The molecule has 0 spiro atoms. The SMILES string of the molecule is Cc1cc(SC(C)(C)C)ccc1NC(=O)NCCCO. The Kier molecular flexibility index (Phi) is 6.36. The molecule has 2 amide bonds. The average Bonchev–Trinajstić information content (AvgIpc) is 2.31. The van der Waals surface area contributed by atoms with E-state index in [1.54, 1.807) is 11.8 Å². The van der Waals surface area contributed by atoms with E-state index in [4.69, 9.17) is 5.11 Å². The van der Waals surface area contributed by atoms with Gasteiger partial charge in [0.2, 0.25) is 0 Å². The van der Waals surface area contributed by atoms with E-state index in [9.17, 15) is 4.79 Å². The van der Waals surface area contributed by atoms with E-state index in [0.717, 1.165) is 11.3 Å². The van der Waals surface area contributed by atoms with Gasteiger partial charge in [-0.3, -0.25) is 0 Å². The van der Waals surface area contributed by atoms with Crippen molar-refractivity contribution in [3.05, 3.63) is 23.8 Å². The number of carbonyl (C=O) groups excluding carboxylic acids is 1. The second kappa shape index (κ2) is 7.55. The Hall–Kier alpha value is -1.20. The van der Waals surface area contributed by atoms with Crippen LogP contribution >= 0.6 is 11.8 Å². The molecule has 0 saturated heterocycles. The van der Waals surface area contributed by atoms with Crippen molar-refractivity contribution in [1.29, 1.82) is 0 Å². The van der Waals surface area contributed by atoms with Gasteiger partial charge >= 0.3 is 6.03 Å². The lowest BCUT2D eigenvalue weighted by atomic mass is 10.2. The molecule has 0 atom stereocenters. The minimum Gasteiger partial charge on any atom is -0.396 e. The van der Waals surface area contributed by atoms with E-state index in [2.05, 4.69) is 37.5 Å². The molecular formula is C15H24N2O2S. The molecule has 0 bridgehead atoms. The van der Waals surface area contributed by atoms with Crippen LogP contribution in [0.15, 0.2) is 23.1 Å². The summed E-state index contributed by atoms with van der Waals surface area (Å²) < 4.78 is 0.170. The molecule has 0 aromatic heterocycles. The van der Waals surface area contributed by atoms with Gasteiger partial charge in [0, 0.05) is 28.5 Å². The predicted molar refractivity (Wildman–Crippen MR) is 85.5 cm³/mol. The number of benzene rings is 1. The zero-order valence-electron chi connectivity index (χ0n) is 12.6. The predicted octanol–water partition coefficient (Wildman–Crippen LogP) is 3.39. The van der Waals surface area contributed by atoms with Crippen LogP contribution in [-0.2, 0) is 0 Å². The molecule has 0 radical (unpaired) electrons. The van der Waals surface area contributed by atoms with Gasteiger partial charge in [-0.15, -0.1) is 11.8 Å². The molecule has 4 nitrogen and oxygen atoms in total. The first kappa shape index (κ1) is 16.9. The van der Waals surface area contributed by atoms with Crippen LogP contribution in [0, 0.1) is 6.92 Å². The van der Waals surface area contributed by atoms with E-state index in [1.807, 2.05) is 19.1 Å². The third-order valence-corrected chi connectivity index (χ3v) is 3.59. The van der Waals surface area contributed by atoms with Crippen molar-refractivity contribution in [1.82, 2.24) is 5.32 Å². The number of carbonyl (C=O) groups is 1. The highest BCUT2D eigenvalue weighted by Crippen LogP contribution is 2.33. The molecule has 0 heterocycles. The standard InChI is InChI=1S/C15H24N2O2S/c1-11-10-12(20-15(2,3)4)6-7-13(11)17-14(19)16-8-5-9-18/h6-7,10,18H,5,8-9H2,1-4H3,(H2,16,17,19). The number of aryl methyl sites for hydroxylation is 1. The van der Waals surface area contributed by atoms with Crippen LogP contribution in [0.4, 0.5) is 10.5 Å². The minimum absolute atomic E-state index is 0.0814. The Morgan fingerprint density at radius 2 is 2.05 bits per heavy atom. The van der Waals surface area contributed by atoms with E-state index in [1.165, 1.54) is 4.90 Å². The van der Waals surface area contributed by atoms with Crippen LogP contribution in [0.25, 0.3) is 0 Å². The van der Waals surface area contributed by atoms with Gasteiger partial charge in [-0.25, -0.2) is 4.79 Å². The van der Waals surface area contributed by atoms with E-state index in [0.29, 0.717) is 13.0 Å². The van der Waals surface area contributed by atoms with Crippen LogP contribution in [0.5, 0.6) is 0 Å². The number of urea groups is 1. The fourth-order valence-electron chi connectivity index (χ4n) is 1.64. The Balaban J connectivity index is 2.62. The molecule has 0 aliphatic carbocycles. The number of amides is 2. The fraction of sp³-hybridized carbons (Fsp3) is 0.533. The number of thioether (sulfide) groups is 1. The zero-order chi connectivity index (χ0) is 15.2. The highest BCUT2D eigenvalue weighted by Gasteiger charge is 2.13. The van der Waals surface area contributed by atoms with Gasteiger partial charge in [0.05, 0.1) is 0 Å². The first-order valence-electron chi connectivity index (χ1n) is 6.77. The van der Waals surface area contributed by atoms with E-state index in [-0.39, 0.29) is 17.4 Å². The zero-order valence-corrected chi connectivity index (χ0v) is 13.4. The van der Waals surface area contributed by atoms with Crippen molar-refractivity contribution in [3.63, 3.8) is 0 Å². The van der Waals surface area contributed by atoms with Gasteiger partial charge < -0.3 is 15.7 Å². The summed E-state index contributed by atoms with van der Waals surface area (Å²) in [5.41, 5.74) is 1.85. The van der Waals surface area contributed by atoms with Crippen LogP contribution in [0.3, 0.4) is 0 Å². The van der Waals surface area contributed by atoms with Crippen molar-refractivity contribution in [3.8, 4) is 0 Å². The molecule has 1 aromatic carbocycles. The smallest absolute Gasteiger partial charge is 0.319 e. The lowest BCUT2D eigenvalue weighted by molar-refractivity contribution is 0.249. The first-order chi connectivity index (χ1) is 9.31.